The minimum atomic E-state index is -0.708. The maximum absolute atomic E-state index is 11.5. The second-order valence-corrected chi connectivity index (χ2v) is 3.47. The van der Waals surface area contributed by atoms with Crippen LogP contribution in [0.2, 0.25) is 0 Å². The van der Waals surface area contributed by atoms with E-state index in [2.05, 4.69) is 9.78 Å². The standard InChI is InChI=1S/C14H10O4.K.H/c15-13(11-7-3-1-4-8-11)17-18-14(16)12-9-5-2-6-10-12;;/h1-10H;;/q;+1;-1. The smallest absolute Gasteiger partial charge is 1.00 e. The molecule has 4 nitrogen and oxygen atoms in total. The van der Waals surface area contributed by atoms with Crippen LogP contribution in [0.1, 0.15) is 22.1 Å². The number of carbonyl (C=O) groups excluding carboxylic acids is 2. The minimum Gasteiger partial charge on any atom is -1.00 e. The van der Waals surface area contributed by atoms with Gasteiger partial charge in [-0.1, -0.05) is 36.4 Å². The van der Waals surface area contributed by atoms with E-state index in [9.17, 15) is 9.59 Å². The second-order valence-electron chi connectivity index (χ2n) is 3.47. The van der Waals surface area contributed by atoms with Crippen LogP contribution >= 0.6 is 0 Å². The summed E-state index contributed by atoms with van der Waals surface area (Å²) in [6.45, 7) is 0. The van der Waals surface area contributed by atoms with Crippen molar-refractivity contribution in [2.75, 3.05) is 0 Å². The van der Waals surface area contributed by atoms with E-state index >= 15 is 0 Å². The molecule has 19 heavy (non-hydrogen) atoms. The largest absolute Gasteiger partial charge is 1.00 e. The maximum atomic E-state index is 11.5. The Morgan fingerprint density at radius 2 is 1.00 bits per heavy atom. The summed E-state index contributed by atoms with van der Waals surface area (Å²) in [7, 11) is 0. The van der Waals surface area contributed by atoms with Crippen LogP contribution < -0.4 is 51.4 Å². The molecule has 0 aromatic heterocycles. The first-order valence-electron chi connectivity index (χ1n) is 5.30. The van der Waals surface area contributed by atoms with Crippen LogP contribution in [0.3, 0.4) is 0 Å². The average Bonchev–Trinajstić information content (AvgIpc) is 2.46. The molecule has 0 spiro atoms. The van der Waals surface area contributed by atoms with Gasteiger partial charge < -0.3 is 1.43 Å². The normalized spacial score (nSPS) is 9.05. The van der Waals surface area contributed by atoms with Crippen molar-refractivity contribution >= 4 is 11.9 Å². The Labute approximate surface area is 154 Å². The summed E-state index contributed by atoms with van der Waals surface area (Å²) in [5.74, 6) is -1.42. The van der Waals surface area contributed by atoms with Crippen molar-refractivity contribution < 1.29 is 72.2 Å². The molecule has 0 unspecified atom stereocenters. The molecular formula is C14H11KO4. The first-order valence-corrected chi connectivity index (χ1v) is 5.30. The fraction of sp³-hybridized carbons (Fsp3) is 0. The van der Waals surface area contributed by atoms with E-state index < -0.39 is 11.9 Å². The van der Waals surface area contributed by atoms with Crippen LogP contribution in [0.15, 0.2) is 60.7 Å². The molecular weight excluding hydrogens is 271 g/mol. The van der Waals surface area contributed by atoms with Gasteiger partial charge in [-0.2, -0.15) is 0 Å². The van der Waals surface area contributed by atoms with Gasteiger partial charge in [-0.05, 0) is 24.3 Å². The summed E-state index contributed by atoms with van der Waals surface area (Å²) in [5.41, 5.74) is 0.636. The zero-order valence-electron chi connectivity index (χ0n) is 11.4. The molecule has 0 heterocycles. The van der Waals surface area contributed by atoms with Crippen molar-refractivity contribution in [1.29, 1.82) is 0 Å². The third kappa shape index (κ3) is 4.89. The van der Waals surface area contributed by atoms with E-state index in [1.54, 1.807) is 60.7 Å². The third-order valence-corrected chi connectivity index (χ3v) is 2.21. The van der Waals surface area contributed by atoms with Gasteiger partial charge in [0.1, 0.15) is 0 Å². The van der Waals surface area contributed by atoms with Gasteiger partial charge in [0.2, 0.25) is 0 Å². The van der Waals surface area contributed by atoms with Crippen LogP contribution in [0.4, 0.5) is 0 Å². The number of rotatable bonds is 2. The monoisotopic (exact) mass is 282 g/mol. The van der Waals surface area contributed by atoms with Crippen LogP contribution in [-0.2, 0) is 9.78 Å². The molecule has 2 aromatic rings. The molecule has 0 bridgehead atoms. The summed E-state index contributed by atoms with van der Waals surface area (Å²) < 4.78 is 0. The Bertz CT molecular complexity index is 494. The molecule has 2 rings (SSSR count). The van der Waals surface area contributed by atoms with Gasteiger partial charge in [0.25, 0.3) is 0 Å². The van der Waals surface area contributed by atoms with E-state index in [4.69, 9.17) is 0 Å². The fourth-order valence-electron chi connectivity index (χ4n) is 1.32. The Morgan fingerprint density at radius 3 is 1.32 bits per heavy atom. The second kappa shape index (κ2) is 8.24. The maximum Gasteiger partial charge on any atom is 1.00 e. The van der Waals surface area contributed by atoms with Crippen LogP contribution in [0.5, 0.6) is 0 Å². The van der Waals surface area contributed by atoms with Crippen molar-refractivity contribution in [2.45, 2.75) is 0 Å². The van der Waals surface area contributed by atoms with Gasteiger partial charge in [-0.3, -0.25) is 0 Å². The zero-order valence-corrected chi connectivity index (χ0v) is 13.5. The number of hydrogen-bond acceptors (Lipinski definition) is 4. The van der Waals surface area contributed by atoms with Gasteiger partial charge in [0.15, 0.2) is 0 Å². The van der Waals surface area contributed by atoms with Gasteiger partial charge >= 0.3 is 63.3 Å². The van der Waals surface area contributed by atoms with Crippen molar-refractivity contribution in [3.8, 4) is 0 Å². The van der Waals surface area contributed by atoms with Gasteiger partial charge in [-0.15, -0.1) is 0 Å². The summed E-state index contributed by atoms with van der Waals surface area (Å²) in [5, 5.41) is 0. The topological polar surface area (TPSA) is 52.6 Å². The zero-order chi connectivity index (χ0) is 12.8. The molecule has 0 aliphatic heterocycles. The fourth-order valence-corrected chi connectivity index (χ4v) is 1.32. The van der Waals surface area contributed by atoms with E-state index in [0.29, 0.717) is 11.1 Å². The van der Waals surface area contributed by atoms with Gasteiger partial charge in [0.05, 0.1) is 11.1 Å². The van der Waals surface area contributed by atoms with Crippen molar-refractivity contribution in [2.24, 2.45) is 0 Å². The molecule has 0 aliphatic rings. The molecule has 0 saturated heterocycles. The molecule has 5 heteroatoms. The first-order chi connectivity index (χ1) is 8.77. The minimum absolute atomic E-state index is 0. The van der Waals surface area contributed by atoms with Crippen molar-refractivity contribution in [3.05, 3.63) is 71.8 Å². The Morgan fingerprint density at radius 1 is 0.684 bits per heavy atom. The summed E-state index contributed by atoms with van der Waals surface area (Å²) >= 11 is 0. The summed E-state index contributed by atoms with van der Waals surface area (Å²) in [6.07, 6.45) is 0. The number of benzene rings is 2. The molecule has 0 N–H and O–H groups in total. The molecule has 0 fully saturated rings. The van der Waals surface area contributed by atoms with Crippen LogP contribution in [0.25, 0.3) is 0 Å². The quantitative estimate of drug-likeness (QED) is 0.432. The molecule has 2 aromatic carbocycles. The number of hydrogen-bond donors (Lipinski definition) is 0. The van der Waals surface area contributed by atoms with E-state index in [1.807, 2.05) is 0 Å². The molecule has 92 valence electrons. The Balaban J connectivity index is 0.00000180. The van der Waals surface area contributed by atoms with E-state index in [0.717, 1.165) is 0 Å². The first kappa shape index (κ1) is 16.1. The van der Waals surface area contributed by atoms with Crippen LogP contribution in [0, 0.1) is 0 Å². The average molecular weight is 282 g/mol. The molecule has 0 radical (unpaired) electrons. The summed E-state index contributed by atoms with van der Waals surface area (Å²) in [4.78, 5) is 31.9. The Hall–Kier alpha value is -0.984. The predicted molar refractivity (Wildman–Crippen MR) is 64.8 cm³/mol. The third-order valence-electron chi connectivity index (χ3n) is 2.21. The number of carbonyl (C=O) groups is 2. The summed E-state index contributed by atoms with van der Waals surface area (Å²) in [6, 6.07) is 16.6. The predicted octanol–water partition coefficient (Wildman–Crippen LogP) is -0.268. The van der Waals surface area contributed by atoms with Crippen LogP contribution in [-0.4, -0.2) is 11.9 Å². The van der Waals surface area contributed by atoms with Crippen molar-refractivity contribution in [3.63, 3.8) is 0 Å². The van der Waals surface area contributed by atoms with E-state index in [1.165, 1.54) is 0 Å². The van der Waals surface area contributed by atoms with Gasteiger partial charge in [0, 0.05) is 0 Å². The van der Waals surface area contributed by atoms with Crippen molar-refractivity contribution in [1.82, 2.24) is 0 Å². The Kier molecular flexibility index (Phi) is 6.97. The van der Waals surface area contributed by atoms with Gasteiger partial charge in [-0.25, -0.2) is 19.4 Å². The molecule has 0 amide bonds. The molecule has 0 saturated carbocycles. The molecule has 0 aliphatic carbocycles. The van der Waals surface area contributed by atoms with E-state index in [-0.39, 0.29) is 52.8 Å². The SMILES string of the molecule is O=C(OOC(=O)c1ccccc1)c1ccccc1.[H-].[K+]. The molecule has 0 atom stereocenters.